The van der Waals surface area contributed by atoms with E-state index in [1.165, 1.54) is 0 Å². The summed E-state index contributed by atoms with van der Waals surface area (Å²) in [6.45, 7) is 5.20. The Morgan fingerprint density at radius 3 is 3.08 bits per heavy atom. The summed E-state index contributed by atoms with van der Waals surface area (Å²) >= 11 is 0. The van der Waals surface area contributed by atoms with E-state index in [-0.39, 0.29) is 12.2 Å². The molecule has 0 amide bonds. The van der Waals surface area contributed by atoms with Crippen LogP contribution in [-0.2, 0) is 21.3 Å². The minimum Gasteiger partial charge on any atom is -0.377 e. The van der Waals surface area contributed by atoms with E-state index in [1.54, 1.807) is 4.68 Å². The molecular formula is C17H29N5O3. The molecule has 140 valence electrons. The molecule has 1 aromatic rings. The number of guanidine groups is 1. The number of hydrogen-bond donors (Lipinski definition) is 1. The van der Waals surface area contributed by atoms with E-state index in [0.717, 1.165) is 50.6 Å². The predicted molar refractivity (Wildman–Crippen MR) is 94.6 cm³/mol. The molecule has 0 saturated carbocycles. The van der Waals surface area contributed by atoms with Crippen molar-refractivity contribution in [3.8, 4) is 0 Å². The first-order valence-electron chi connectivity index (χ1n) is 9.01. The van der Waals surface area contributed by atoms with Crippen molar-refractivity contribution in [1.29, 1.82) is 0 Å². The fraction of sp³-hybridized carbons (Fsp3) is 0.765. The van der Waals surface area contributed by atoms with E-state index in [9.17, 15) is 0 Å². The molecule has 2 unspecified atom stereocenters. The number of nitrogens with zero attached hydrogens (tertiary/aromatic N) is 4. The van der Waals surface area contributed by atoms with Gasteiger partial charge in [0.2, 0.25) is 0 Å². The molecular weight excluding hydrogens is 322 g/mol. The number of ether oxygens (including phenoxy) is 3. The molecule has 0 aliphatic carbocycles. The number of aliphatic imine (C=N–C) groups is 1. The summed E-state index contributed by atoms with van der Waals surface area (Å²) in [4.78, 5) is 6.62. The van der Waals surface area contributed by atoms with Crippen LogP contribution in [0.1, 0.15) is 24.5 Å². The van der Waals surface area contributed by atoms with Crippen molar-refractivity contribution in [2.24, 2.45) is 12.0 Å². The van der Waals surface area contributed by atoms with Crippen LogP contribution in [0.25, 0.3) is 0 Å². The third-order valence-corrected chi connectivity index (χ3v) is 4.53. The van der Waals surface area contributed by atoms with Gasteiger partial charge in [0, 0.05) is 45.6 Å². The van der Waals surface area contributed by atoms with Gasteiger partial charge < -0.3 is 24.4 Å². The highest BCUT2D eigenvalue weighted by molar-refractivity contribution is 5.80. The lowest BCUT2D eigenvalue weighted by atomic mass is 10.1. The molecule has 1 aromatic heterocycles. The van der Waals surface area contributed by atoms with E-state index in [2.05, 4.69) is 20.3 Å². The van der Waals surface area contributed by atoms with E-state index in [4.69, 9.17) is 14.2 Å². The first-order valence-corrected chi connectivity index (χ1v) is 9.01. The van der Waals surface area contributed by atoms with E-state index < -0.39 is 0 Å². The Balaban J connectivity index is 1.40. The van der Waals surface area contributed by atoms with Crippen molar-refractivity contribution in [1.82, 2.24) is 20.0 Å². The third kappa shape index (κ3) is 5.17. The second kappa shape index (κ2) is 9.17. The van der Waals surface area contributed by atoms with Crippen LogP contribution in [0.3, 0.4) is 0 Å². The van der Waals surface area contributed by atoms with Crippen LogP contribution in [0.4, 0.5) is 0 Å². The van der Waals surface area contributed by atoms with Crippen molar-refractivity contribution < 1.29 is 14.2 Å². The molecule has 2 aliphatic rings. The normalized spacial score (nSPS) is 24.7. The first kappa shape index (κ1) is 18.2. The molecule has 2 aliphatic heterocycles. The lowest BCUT2D eigenvalue weighted by molar-refractivity contribution is -0.00843. The molecule has 0 radical (unpaired) electrons. The monoisotopic (exact) mass is 351 g/mol. The van der Waals surface area contributed by atoms with Gasteiger partial charge in [-0.25, -0.2) is 0 Å². The molecule has 0 bridgehead atoms. The summed E-state index contributed by atoms with van der Waals surface area (Å²) in [6.07, 6.45) is 6.43. The second-order valence-electron chi connectivity index (χ2n) is 6.44. The fourth-order valence-corrected chi connectivity index (χ4v) is 3.21. The van der Waals surface area contributed by atoms with Crippen LogP contribution in [0.15, 0.2) is 17.4 Å². The van der Waals surface area contributed by atoms with Gasteiger partial charge in [0.15, 0.2) is 5.96 Å². The molecule has 3 heterocycles. The van der Waals surface area contributed by atoms with Crippen LogP contribution in [-0.4, -0.2) is 79.9 Å². The quantitative estimate of drug-likeness (QED) is 0.459. The number of hydrogen-bond acceptors (Lipinski definition) is 5. The first-order chi connectivity index (χ1) is 12.3. The molecule has 8 heteroatoms. The third-order valence-electron chi connectivity index (χ3n) is 4.53. The molecule has 3 rings (SSSR count). The summed E-state index contributed by atoms with van der Waals surface area (Å²) in [5.41, 5.74) is 1.10. The number of nitrogens with one attached hydrogen (secondary N) is 1. The van der Waals surface area contributed by atoms with Crippen molar-refractivity contribution in [3.63, 3.8) is 0 Å². The van der Waals surface area contributed by atoms with Gasteiger partial charge in [0.25, 0.3) is 0 Å². The molecule has 2 atom stereocenters. The Morgan fingerprint density at radius 2 is 2.36 bits per heavy atom. The number of aryl methyl sites for hydroxylation is 1. The molecule has 1 N–H and O–H groups in total. The summed E-state index contributed by atoms with van der Waals surface area (Å²) in [5, 5.41) is 7.61. The Kier molecular flexibility index (Phi) is 6.66. The zero-order valence-electron chi connectivity index (χ0n) is 15.2. The van der Waals surface area contributed by atoms with Gasteiger partial charge in [-0.15, -0.1) is 0 Å². The molecule has 25 heavy (non-hydrogen) atoms. The zero-order chi connectivity index (χ0) is 17.5. The van der Waals surface area contributed by atoms with Gasteiger partial charge in [-0.05, 0) is 12.8 Å². The largest absolute Gasteiger partial charge is 0.377 e. The Hall–Kier alpha value is -1.64. The number of rotatable bonds is 6. The van der Waals surface area contributed by atoms with Crippen LogP contribution in [0, 0.1) is 0 Å². The van der Waals surface area contributed by atoms with E-state index in [1.807, 2.05) is 26.5 Å². The van der Waals surface area contributed by atoms with Crippen molar-refractivity contribution >= 4 is 5.96 Å². The van der Waals surface area contributed by atoms with Crippen LogP contribution < -0.4 is 5.32 Å². The number of morpholine rings is 1. The summed E-state index contributed by atoms with van der Waals surface area (Å²) in [5.74, 6) is 0.887. The van der Waals surface area contributed by atoms with Crippen LogP contribution in [0.5, 0.6) is 0 Å². The molecule has 2 saturated heterocycles. The Morgan fingerprint density at radius 1 is 1.44 bits per heavy atom. The summed E-state index contributed by atoms with van der Waals surface area (Å²) < 4.78 is 18.9. The van der Waals surface area contributed by atoms with Gasteiger partial charge >= 0.3 is 0 Å². The highest BCUT2D eigenvalue weighted by atomic mass is 16.5. The Labute approximate surface area is 149 Å². The number of aromatic nitrogens is 2. The molecule has 0 aromatic carbocycles. The maximum Gasteiger partial charge on any atom is 0.193 e. The van der Waals surface area contributed by atoms with Gasteiger partial charge in [-0.3, -0.25) is 9.67 Å². The molecule has 0 spiro atoms. The van der Waals surface area contributed by atoms with Gasteiger partial charge in [-0.1, -0.05) is 0 Å². The van der Waals surface area contributed by atoms with Crippen LogP contribution in [0.2, 0.25) is 0 Å². The highest BCUT2D eigenvalue weighted by Gasteiger charge is 2.25. The predicted octanol–water partition coefficient (Wildman–Crippen LogP) is 0.564. The summed E-state index contributed by atoms with van der Waals surface area (Å²) in [6, 6.07) is 0. The SMILES string of the molecule is CN=C(NCCOCC1CCCO1)N1CCOC(c2cnn(C)c2)C1. The fourth-order valence-electron chi connectivity index (χ4n) is 3.21. The maximum absolute atomic E-state index is 5.89. The van der Waals surface area contributed by atoms with Gasteiger partial charge in [0.1, 0.15) is 6.10 Å². The lowest BCUT2D eigenvalue weighted by Crippen LogP contribution is -2.48. The van der Waals surface area contributed by atoms with Gasteiger partial charge in [-0.2, -0.15) is 5.10 Å². The van der Waals surface area contributed by atoms with E-state index >= 15 is 0 Å². The van der Waals surface area contributed by atoms with Crippen molar-refractivity contribution in [2.45, 2.75) is 25.0 Å². The Bertz CT molecular complexity index is 556. The maximum atomic E-state index is 5.89. The van der Waals surface area contributed by atoms with Gasteiger partial charge in [0.05, 0.1) is 38.7 Å². The smallest absolute Gasteiger partial charge is 0.193 e. The zero-order valence-corrected chi connectivity index (χ0v) is 15.2. The average molecular weight is 351 g/mol. The standard InChI is InChI=1S/C17H29N5O3/c1-18-17(19-5-8-23-13-15-4-3-7-24-15)22-6-9-25-16(12-22)14-10-20-21(2)11-14/h10-11,15-16H,3-9,12-13H2,1-2H3,(H,18,19). The van der Waals surface area contributed by atoms with E-state index in [0.29, 0.717) is 19.8 Å². The van der Waals surface area contributed by atoms with Crippen molar-refractivity contribution in [3.05, 3.63) is 18.0 Å². The van der Waals surface area contributed by atoms with Crippen LogP contribution >= 0.6 is 0 Å². The highest BCUT2D eigenvalue weighted by Crippen LogP contribution is 2.21. The topological polar surface area (TPSA) is 73.1 Å². The van der Waals surface area contributed by atoms with Crippen molar-refractivity contribution in [2.75, 3.05) is 53.1 Å². The molecule has 8 nitrogen and oxygen atoms in total. The minimum atomic E-state index is 0.0248. The summed E-state index contributed by atoms with van der Waals surface area (Å²) in [7, 11) is 3.73. The molecule has 2 fully saturated rings. The minimum absolute atomic E-state index is 0.0248. The second-order valence-corrected chi connectivity index (χ2v) is 6.44. The lowest BCUT2D eigenvalue weighted by Gasteiger charge is -2.34. The average Bonchev–Trinajstić information content (AvgIpc) is 3.30.